The van der Waals surface area contributed by atoms with Crippen LogP contribution in [0.25, 0.3) is 5.76 Å². The second-order valence-electron chi connectivity index (χ2n) is 8.60. The summed E-state index contributed by atoms with van der Waals surface area (Å²) in [6.07, 6.45) is 0. The highest BCUT2D eigenvalue weighted by Gasteiger charge is 2.47. The zero-order valence-electron chi connectivity index (χ0n) is 20.5. The molecule has 0 bridgehead atoms. The number of hydrogen-bond donors (Lipinski definition) is 1. The quantitative estimate of drug-likeness (QED) is 0.353. The fourth-order valence-corrected chi connectivity index (χ4v) is 4.68. The van der Waals surface area contributed by atoms with Gasteiger partial charge in [0.25, 0.3) is 11.7 Å². The molecule has 0 radical (unpaired) electrons. The van der Waals surface area contributed by atoms with Crippen molar-refractivity contribution < 1.29 is 28.9 Å². The Morgan fingerprint density at radius 3 is 2.54 bits per heavy atom. The average molecular weight is 481 g/mol. The van der Waals surface area contributed by atoms with E-state index in [1.165, 1.54) is 0 Å². The Balaban J connectivity index is 1.80. The zero-order valence-corrected chi connectivity index (χ0v) is 20.5. The number of aliphatic hydroxyl groups is 1. The van der Waals surface area contributed by atoms with Crippen LogP contribution < -0.4 is 9.47 Å². The van der Waals surface area contributed by atoms with Gasteiger partial charge in [-0.05, 0) is 43.7 Å². The number of amides is 1. The van der Waals surface area contributed by atoms with Gasteiger partial charge in [-0.1, -0.05) is 18.2 Å². The van der Waals surface area contributed by atoms with Crippen molar-refractivity contribution in [2.24, 2.45) is 0 Å². The van der Waals surface area contributed by atoms with Gasteiger partial charge in [-0.3, -0.25) is 14.5 Å². The molecule has 2 heterocycles. The number of Topliss-reactive ketones (excluding diaryl/α,β-unsaturated/α-hetero) is 1. The second-order valence-corrected chi connectivity index (χ2v) is 8.60. The monoisotopic (exact) mass is 480 g/mol. The lowest BCUT2D eigenvalue weighted by atomic mass is 9.93. The number of aliphatic hydroxyl groups excluding tert-OH is 1. The van der Waals surface area contributed by atoms with Crippen LogP contribution in [0.4, 0.5) is 0 Å². The number of morpholine rings is 1. The van der Waals surface area contributed by atoms with E-state index in [1.54, 1.807) is 30.2 Å². The molecule has 2 aromatic carbocycles. The third-order valence-electron chi connectivity index (χ3n) is 6.50. The first-order chi connectivity index (χ1) is 17.0. The molecule has 0 aromatic heterocycles. The Bertz CT molecular complexity index is 1120. The predicted molar refractivity (Wildman–Crippen MR) is 132 cm³/mol. The highest BCUT2D eigenvalue weighted by atomic mass is 16.5. The Morgan fingerprint density at radius 1 is 1.11 bits per heavy atom. The number of ether oxygens (including phenoxy) is 3. The summed E-state index contributed by atoms with van der Waals surface area (Å²) in [6, 6.07) is 11.8. The molecule has 1 atom stereocenters. The molecule has 2 aliphatic rings. The van der Waals surface area contributed by atoms with Crippen LogP contribution >= 0.6 is 0 Å². The number of benzene rings is 2. The first-order valence-electron chi connectivity index (χ1n) is 11.9. The van der Waals surface area contributed by atoms with Crippen molar-refractivity contribution in [3.8, 4) is 11.5 Å². The van der Waals surface area contributed by atoms with Crippen molar-refractivity contribution in [3.63, 3.8) is 0 Å². The minimum absolute atomic E-state index is 0.0670. The second kappa shape index (κ2) is 10.9. The molecule has 35 heavy (non-hydrogen) atoms. The molecule has 2 saturated heterocycles. The van der Waals surface area contributed by atoms with E-state index in [9.17, 15) is 14.7 Å². The SMILES string of the molecule is CCOc1ccccc1[C@@H]1/C(=C(\O)c2ccc(OC)cc2C)C(=O)C(=O)N1CCN1CCOCC1. The van der Waals surface area contributed by atoms with Crippen LogP contribution in [-0.4, -0.2) is 79.7 Å². The van der Waals surface area contributed by atoms with E-state index >= 15 is 0 Å². The topological polar surface area (TPSA) is 88.5 Å². The molecular formula is C27H32N2O6. The molecular weight excluding hydrogens is 448 g/mol. The summed E-state index contributed by atoms with van der Waals surface area (Å²) in [5, 5.41) is 11.4. The Kier molecular flexibility index (Phi) is 7.73. The van der Waals surface area contributed by atoms with Crippen molar-refractivity contribution >= 4 is 17.4 Å². The Hall–Kier alpha value is -3.36. The minimum Gasteiger partial charge on any atom is -0.507 e. The zero-order chi connectivity index (χ0) is 24.9. The van der Waals surface area contributed by atoms with E-state index in [0.717, 1.165) is 18.7 Å². The van der Waals surface area contributed by atoms with Gasteiger partial charge in [0.05, 0.1) is 38.5 Å². The van der Waals surface area contributed by atoms with Crippen molar-refractivity contribution in [2.75, 3.05) is 53.1 Å². The molecule has 186 valence electrons. The highest BCUT2D eigenvalue weighted by Crippen LogP contribution is 2.43. The molecule has 2 fully saturated rings. The lowest BCUT2D eigenvalue weighted by Gasteiger charge is -2.31. The third kappa shape index (κ3) is 5.04. The van der Waals surface area contributed by atoms with E-state index in [2.05, 4.69) is 4.90 Å². The number of ketones is 1. The third-order valence-corrected chi connectivity index (χ3v) is 6.50. The minimum atomic E-state index is -0.764. The maximum atomic E-state index is 13.4. The maximum Gasteiger partial charge on any atom is 0.295 e. The van der Waals surface area contributed by atoms with E-state index in [-0.39, 0.29) is 11.3 Å². The van der Waals surface area contributed by atoms with Crippen molar-refractivity contribution in [2.45, 2.75) is 19.9 Å². The van der Waals surface area contributed by atoms with E-state index in [0.29, 0.717) is 55.5 Å². The molecule has 0 saturated carbocycles. The van der Waals surface area contributed by atoms with Gasteiger partial charge in [0.15, 0.2) is 0 Å². The smallest absolute Gasteiger partial charge is 0.295 e. The lowest BCUT2D eigenvalue weighted by molar-refractivity contribution is -0.140. The van der Waals surface area contributed by atoms with Crippen molar-refractivity contribution in [1.29, 1.82) is 0 Å². The first-order valence-corrected chi connectivity index (χ1v) is 11.9. The summed E-state index contributed by atoms with van der Waals surface area (Å²) >= 11 is 0. The number of carbonyl (C=O) groups is 2. The number of aryl methyl sites for hydroxylation is 1. The van der Waals surface area contributed by atoms with Gasteiger partial charge in [-0.15, -0.1) is 0 Å². The van der Waals surface area contributed by atoms with Crippen LogP contribution in [0.5, 0.6) is 11.5 Å². The van der Waals surface area contributed by atoms with Gasteiger partial charge in [0, 0.05) is 37.3 Å². The average Bonchev–Trinajstić information content (AvgIpc) is 3.13. The number of likely N-dealkylation sites (tertiary alicyclic amines) is 1. The van der Waals surface area contributed by atoms with Crippen LogP contribution in [0.1, 0.15) is 29.7 Å². The number of carbonyl (C=O) groups excluding carboxylic acids is 2. The Morgan fingerprint density at radius 2 is 1.86 bits per heavy atom. The van der Waals surface area contributed by atoms with E-state index < -0.39 is 17.7 Å². The summed E-state index contributed by atoms with van der Waals surface area (Å²) in [6.45, 7) is 7.92. The molecule has 8 nitrogen and oxygen atoms in total. The molecule has 4 rings (SSSR count). The summed E-state index contributed by atoms with van der Waals surface area (Å²) in [5.41, 5.74) is 1.95. The number of para-hydroxylation sites is 1. The molecule has 1 N–H and O–H groups in total. The van der Waals surface area contributed by atoms with Crippen LogP contribution in [-0.2, 0) is 14.3 Å². The fraction of sp³-hybridized carbons (Fsp3) is 0.407. The largest absolute Gasteiger partial charge is 0.507 e. The predicted octanol–water partition coefficient (Wildman–Crippen LogP) is 3.16. The lowest BCUT2D eigenvalue weighted by Crippen LogP contribution is -2.42. The van der Waals surface area contributed by atoms with Crippen LogP contribution in [0.15, 0.2) is 48.0 Å². The number of rotatable bonds is 8. The number of nitrogens with zero attached hydrogens (tertiary/aromatic N) is 2. The van der Waals surface area contributed by atoms with Crippen molar-refractivity contribution in [3.05, 3.63) is 64.7 Å². The van der Waals surface area contributed by atoms with Gasteiger partial charge < -0.3 is 24.2 Å². The van der Waals surface area contributed by atoms with Crippen LogP contribution in [0.2, 0.25) is 0 Å². The van der Waals surface area contributed by atoms with Crippen LogP contribution in [0.3, 0.4) is 0 Å². The normalized spacial score (nSPS) is 20.3. The summed E-state index contributed by atoms with van der Waals surface area (Å²) in [5.74, 6) is -0.300. The number of methoxy groups -OCH3 is 1. The molecule has 2 aromatic rings. The van der Waals surface area contributed by atoms with Gasteiger partial charge >= 0.3 is 0 Å². The van der Waals surface area contributed by atoms with Crippen LogP contribution in [0, 0.1) is 6.92 Å². The first kappa shape index (κ1) is 24.8. The van der Waals surface area contributed by atoms with E-state index in [1.807, 2.05) is 38.1 Å². The van der Waals surface area contributed by atoms with E-state index in [4.69, 9.17) is 14.2 Å². The number of hydrogen-bond acceptors (Lipinski definition) is 7. The molecule has 0 unspecified atom stereocenters. The van der Waals surface area contributed by atoms with Gasteiger partial charge in [-0.25, -0.2) is 0 Å². The fourth-order valence-electron chi connectivity index (χ4n) is 4.68. The summed E-state index contributed by atoms with van der Waals surface area (Å²) < 4.78 is 16.6. The standard InChI is InChI=1S/C27H32N2O6/c1-4-35-22-8-6-5-7-21(22)24-23(25(30)20-10-9-19(33-3)17-18(20)2)26(31)27(32)29(24)12-11-28-13-15-34-16-14-28/h5-10,17,24,30H,4,11-16H2,1-3H3/b25-23+/t24-/m1/s1. The molecule has 2 aliphatic heterocycles. The molecule has 0 spiro atoms. The molecule has 0 aliphatic carbocycles. The van der Waals surface area contributed by atoms with Gasteiger partial charge in [0.1, 0.15) is 17.3 Å². The Labute approximate surface area is 205 Å². The van der Waals surface area contributed by atoms with Crippen molar-refractivity contribution in [1.82, 2.24) is 9.80 Å². The maximum absolute atomic E-state index is 13.4. The summed E-state index contributed by atoms with van der Waals surface area (Å²) in [7, 11) is 1.57. The molecule has 8 heteroatoms. The highest BCUT2D eigenvalue weighted by molar-refractivity contribution is 6.46. The van der Waals surface area contributed by atoms with Gasteiger partial charge in [0.2, 0.25) is 0 Å². The summed E-state index contributed by atoms with van der Waals surface area (Å²) in [4.78, 5) is 30.4. The molecule has 1 amide bonds. The van der Waals surface area contributed by atoms with Gasteiger partial charge in [-0.2, -0.15) is 0 Å².